The quantitative estimate of drug-likeness (QED) is 0.619. The van der Waals surface area contributed by atoms with E-state index in [1.54, 1.807) is 24.3 Å². The maximum Gasteiger partial charge on any atom is 0.737 e. The fourth-order valence-electron chi connectivity index (χ4n) is 2.27. The number of rotatable bonds is 3. The van der Waals surface area contributed by atoms with Crippen LogP contribution in [0.2, 0.25) is 0 Å². The molecule has 0 atom stereocenters. The number of nitrogens with zero attached hydrogens (tertiary/aromatic N) is 2. The number of hydrogen-bond acceptors (Lipinski definition) is 1. The van der Waals surface area contributed by atoms with E-state index in [9.17, 15) is 8.63 Å². The van der Waals surface area contributed by atoms with E-state index in [0.717, 1.165) is 8.96 Å². The molecule has 0 saturated carbocycles. The van der Waals surface area contributed by atoms with Crippen molar-refractivity contribution in [3.63, 3.8) is 0 Å². The molecule has 3 rings (SSSR count). The molecule has 0 N–H and O–H groups in total. The molecular weight excluding hydrogens is 305 g/mol. The summed E-state index contributed by atoms with van der Waals surface area (Å²) in [6, 6.07) is 3.25. The van der Waals surface area contributed by atoms with E-state index in [1.807, 2.05) is 0 Å². The highest BCUT2D eigenvalue weighted by atomic mass is 79.9. The van der Waals surface area contributed by atoms with E-state index in [2.05, 4.69) is 15.9 Å². The van der Waals surface area contributed by atoms with Crippen LogP contribution in [0.4, 0.5) is 8.63 Å². The predicted molar refractivity (Wildman–Crippen MR) is 69.9 cm³/mol. The van der Waals surface area contributed by atoms with E-state index in [0.29, 0.717) is 29.1 Å². The lowest BCUT2D eigenvalue weighted by Crippen LogP contribution is -2.49. The smallest absolute Gasteiger partial charge is 0.485 e. The lowest BCUT2D eigenvalue weighted by Gasteiger charge is -2.30. The first-order chi connectivity index (χ1) is 8.66. The fourth-order valence-corrected chi connectivity index (χ4v) is 2.43. The van der Waals surface area contributed by atoms with Gasteiger partial charge in [-0.1, -0.05) is 15.9 Å². The van der Waals surface area contributed by atoms with Crippen molar-refractivity contribution >= 4 is 34.9 Å². The minimum Gasteiger partial charge on any atom is -0.485 e. The van der Waals surface area contributed by atoms with Gasteiger partial charge in [-0.2, -0.15) is 0 Å². The maximum absolute atomic E-state index is 14.3. The van der Waals surface area contributed by atoms with Gasteiger partial charge in [-0.3, -0.25) is 0 Å². The molecule has 0 unspecified atom stereocenters. The van der Waals surface area contributed by atoms with E-state index in [4.69, 9.17) is 4.74 Å². The van der Waals surface area contributed by atoms with Crippen LogP contribution in [0.1, 0.15) is 5.69 Å². The van der Waals surface area contributed by atoms with Crippen LogP contribution in [0, 0.1) is 0 Å². The molecule has 0 saturated heterocycles. The molecule has 18 heavy (non-hydrogen) atoms. The van der Waals surface area contributed by atoms with Gasteiger partial charge in [0, 0.05) is 17.5 Å². The van der Waals surface area contributed by atoms with E-state index >= 15 is 0 Å². The largest absolute Gasteiger partial charge is 0.737 e. The second kappa shape index (κ2) is 4.08. The van der Waals surface area contributed by atoms with E-state index in [1.165, 1.54) is 12.4 Å². The molecule has 1 aromatic rings. The Morgan fingerprint density at radius 3 is 3.06 bits per heavy atom. The predicted octanol–water partition coefficient (Wildman–Crippen LogP) is 2.46. The molecule has 0 spiro atoms. The third kappa shape index (κ3) is 1.50. The Morgan fingerprint density at radius 1 is 1.44 bits per heavy atom. The molecule has 2 aliphatic rings. The SMILES string of the molecule is F[B-]1(F)n2cccc2C(OCCBr)=C2C=CC=[N+]21. The van der Waals surface area contributed by atoms with Crippen molar-refractivity contribution in [3.05, 3.63) is 41.9 Å². The number of hydrogen-bond donors (Lipinski definition) is 0. The van der Waals surface area contributed by atoms with Gasteiger partial charge >= 0.3 is 6.97 Å². The first-order valence-electron chi connectivity index (χ1n) is 5.59. The van der Waals surface area contributed by atoms with Crippen molar-refractivity contribution in [2.45, 2.75) is 0 Å². The van der Waals surface area contributed by atoms with Gasteiger partial charge in [-0.15, -0.1) is 0 Å². The van der Waals surface area contributed by atoms with Crippen molar-refractivity contribution in [2.24, 2.45) is 0 Å². The summed E-state index contributed by atoms with van der Waals surface area (Å²) in [6.07, 6.45) is 6.02. The van der Waals surface area contributed by atoms with Crippen molar-refractivity contribution in [1.82, 2.24) is 4.48 Å². The summed E-state index contributed by atoms with van der Waals surface area (Å²) in [6.45, 7) is -3.38. The van der Waals surface area contributed by atoms with Crippen LogP contribution in [0.3, 0.4) is 0 Å². The van der Waals surface area contributed by atoms with Crippen LogP contribution in [0.25, 0.3) is 5.76 Å². The average Bonchev–Trinajstić information content (AvgIpc) is 2.97. The first-order valence-corrected chi connectivity index (χ1v) is 6.71. The minimum atomic E-state index is -3.81. The molecule has 0 amide bonds. The zero-order chi connectivity index (χ0) is 12.8. The first kappa shape index (κ1) is 11.7. The number of fused-ring (bicyclic) bond motifs is 2. The molecule has 3 heterocycles. The Labute approximate surface area is 111 Å². The lowest BCUT2D eigenvalue weighted by molar-refractivity contribution is -0.358. The molecule has 0 aliphatic carbocycles. The average molecular weight is 315 g/mol. The number of allylic oxidation sites excluding steroid dienone is 2. The van der Waals surface area contributed by atoms with Crippen molar-refractivity contribution in [3.8, 4) is 0 Å². The van der Waals surface area contributed by atoms with Crippen LogP contribution in [-0.4, -0.2) is 34.1 Å². The van der Waals surface area contributed by atoms with E-state index < -0.39 is 6.97 Å². The Morgan fingerprint density at radius 2 is 2.28 bits per heavy atom. The molecule has 7 heteroatoms. The molecular formula is C11H10BBrF2N2O. The third-order valence-corrected chi connectivity index (χ3v) is 3.34. The van der Waals surface area contributed by atoms with Gasteiger partial charge in [0.15, 0.2) is 0 Å². The van der Waals surface area contributed by atoms with Crippen molar-refractivity contribution in [1.29, 1.82) is 0 Å². The van der Waals surface area contributed by atoms with Gasteiger partial charge in [0.05, 0.1) is 12.3 Å². The van der Waals surface area contributed by atoms with Crippen LogP contribution < -0.4 is 0 Å². The number of alkyl halides is 1. The summed E-state index contributed by atoms with van der Waals surface area (Å²) in [7, 11) is 0. The van der Waals surface area contributed by atoms with Gasteiger partial charge in [0.1, 0.15) is 6.21 Å². The van der Waals surface area contributed by atoms with Crippen LogP contribution in [-0.2, 0) is 4.74 Å². The molecule has 94 valence electrons. The van der Waals surface area contributed by atoms with Gasteiger partial charge < -0.3 is 22.3 Å². The molecule has 1 aromatic heterocycles. The molecule has 0 aromatic carbocycles. The molecule has 2 aliphatic heterocycles. The lowest BCUT2D eigenvalue weighted by atomic mass is 9.91. The van der Waals surface area contributed by atoms with Crippen LogP contribution in [0.15, 0.2) is 36.2 Å². The summed E-state index contributed by atoms with van der Waals surface area (Å²) >= 11 is 3.26. The summed E-state index contributed by atoms with van der Waals surface area (Å²) in [5.74, 6) is 0.497. The Hall–Kier alpha value is -1.37. The van der Waals surface area contributed by atoms with E-state index in [-0.39, 0.29) is 0 Å². The van der Waals surface area contributed by atoms with Gasteiger partial charge in [0.2, 0.25) is 11.5 Å². The topological polar surface area (TPSA) is 17.2 Å². The molecule has 0 radical (unpaired) electrons. The van der Waals surface area contributed by atoms with Gasteiger partial charge in [-0.05, 0) is 18.3 Å². The van der Waals surface area contributed by atoms with Crippen LogP contribution in [0.5, 0.6) is 0 Å². The van der Waals surface area contributed by atoms with Crippen molar-refractivity contribution in [2.75, 3.05) is 11.9 Å². The normalized spacial score (nSPS) is 19.6. The van der Waals surface area contributed by atoms with Gasteiger partial charge in [0.25, 0.3) is 0 Å². The highest BCUT2D eigenvalue weighted by Crippen LogP contribution is 2.35. The summed E-state index contributed by atoms with van der Waals surface area (Å²) in [4.78, 5) is 0. The Kier molecular flexibility index (Phi) is 2.66. The second-order valence-electron chi connectivity index (χ2n) is 4.06. The number of halogens is 3. The Balaban J connectivity index is 2.17. The number of aromatic nitrogens is 1. The highest BCUT2D eigenvalue weighted by molar-refractivity contribution is 9.09. The summed E-state index contributed by atoms with van der Waals surface area (Å²) < 4.78 is 36.1. The summed E-state index contributed by atoms with van der Waals surface area (Å²) in [5, 5.41) is 0.652. The van der Waals surface area contributed by atoms with Crippen molar-refractivity contribution < 1.29 is 17.9 Å². The minimum absolute atomic E-state index is 0.423. The molecule has 3 nitrogen and oxygen atoms in total. The maximum atomic E-state index is 14.3. The molecule has 0 bridgehead atoms. The van der Waals surface area contributed by atoms with Crippen LogP contribution >= 0.6 is 15.9 Å². The fraction of sp³-hybridized carbons (Fsp3) is 0.182. The number of ether oxygens (including phenoxy) is 1. The third-order valence-electron chi connectivity index (χ3n) is 3.02. The Bertz CT molecular complexity index is 592. The highest BCUT2D eigenvalue weighted by Gasteiger charge is 2.51. The zero-order valence-electron chi connectivity index (χ0n) is 9.39. The standard InChI is InChI=1S/C11H10BBrF2N2O/c13-5-8-18-11-9-3-1-6-16(9)12(14,15)17-7-2-4-10(11)17/h1-4,6-7H,5,8H2. The second-order valence-corrected chi connectivity index (χ2v) is 4.85. The monoisotopic (exact) mass is 314 g/mol. The van der Waals surface area contributed by atoms with Gasteiger partial charge in [-0.25, -0.2) is 0 Å². The summed E-state index contributed by atoms with van der Waals surface area (Å²) in [5.41, 5.74) is 0.847. The molecule has 0 fully saturated rings. The zero-order valence-corrected chi connectivity index (χ0v) is 11.0.